The minimum atomic E-state index is -4.99. The van der Waals surface area contributed by atoms with Crippen molar-refractivity contribution in [3.05, 3.63) is 11.1 Å². The first-order chi connectivity index (χ1) is 14.5. The van der Waals surface area contributed by atoms with Crippen LogP contribution < -0.4 is 11.1 Å². The van der Waals surface area contributed by atoms with Crippen LogP contribution in [0.5, 0.6) is 0 Å². The first-order valence-electron chi connectivity index (χ1n) is 8.56. The molecule has 3 rings (SSSR count). The third-order valence-electron chi connectivity index (χ3n) is 4.52. The van der Waals surface area contributed by atoms with E-state index in [2.05, 4.69) is 24.6 Å². The molecular formula is C14H17N5O10S2. The molecule has 31 heavy (non-hydrogen) atoms. The van der Waals surface area contributed by atoms with E-state index >= 15 is 0 Å². The molecule has 1 spiro atoms. The number of nitrogens with one attached hydrogen (secondary N) is 1. The van der Waals surface area contributed by atoms with Gasteiger partial charge in [0, 0.05) is 18.6 Å². The summed E-state index contributed by atoms with van der Waals surface area (Å²) >= 11 is 0.985. The van der Waals surface area contributed by atoms with Crippen LogP contribution in [0, 0.1) is 0 Å². The number of aliphatic carboxylic acids is 1. The zero-order valence-corrected chi connectivity index (χ0v) is 17.2. The number of β-lactam (4-membered cyclic amide) rings is 1. The highest BCUT2D eigenvalue weighted by molar-refractivity contribution is 7.80. The highest BCUT2D eigenvalue weighted by atomic mass is 32.3. The van der Waals surface area contributed by atoms with Gasteiger partial charge in [-0.1, -0.05) is 5.16 Å². The fourth-order valence-corrected chi connectivity index (χ4v) is 4.15. The van der Waals surface area contributed by atoms with Gasteiger partial charge in [0.05, 0.1) is 0 Å². The molecule has 2 fully saturated rings. The molecule has 0 aromatic carbocycles. The molecule has 170 valence electrons. The molecule has 1 atom stereocenters. The molecule has 2 aliphatic heterocycles. The number of nitrogens with two attached hydrogens (primary N) is 1. The molecule has 1 aromatic rings. The maximum atomic E-state index is 12.8. The smallest absolute Gasteiger partial charge is 0.418 e. The summed E-state index contributed by atoms with van der Waals surface area (Å²) in [7, 11) is -4.99. The topological polar surface area (TPSA) is 220 Å². The van der Waals surface area contributed by atoms with E-state index in [1.807, 2.05) is 0 Å². The molecule has 0 radical (unpaired) electrons. The molecule has 5 N–H and O–H groups in total. The van der Waals surface area contributed by atoms with Crippen LogP contribution in [-0.2, 0) is 38.6 Å². The van der Waals surface area contributed by atoms with Crippen LogP contribution in [0.4, 0.5) is 5.13 Å². The van der Waals surface area contributed by atoms with Gasteiger partial charge < -0.3 is 25.7 Å². The zero-order valence-electron chi connectivity index (χ0n) is 15.6. The van der Waals surface area contributed by atoms with Crippen molar-refractivity contribution in [2.45, 2.75) is 24.4 Å². The number of oxime groups is 1. The van der Waals surface area contributed by atoms with Gasteiger partial charge >= 0.3 is 16.4 Å². The van der Waals surface area contributed by atoms with Gasteiger partial charge in [-0.25, -0.2) is 9.78 Å². The highest BCUT2D eigenvalue weighted by Gasteiger charge is 2.64. The number of anilines is 1. The van der Waals surface area contributed by atoms with Crippen molar-refractivity contribution in [2.75, 3.05) is 25.6 Å². The highest BCUT2D eigenvalue weighted by Crippen LogP contribution is 2.41. The Balaban J connectivity index is 1.84. The Morgan fingerprint density at radius 3 is 2.68 bits per heavy atom. The number of ether oxygens (including phenoxy) is 1. The maximum Gasteiger partial charge on any atom is 0.418 e. The quantitative estimate of drug-likeness (QED) is 0.140. The van der Waals surface area contributed by atoms with Gasteiger partial charge in [-0.05, 0) is 12.8 Å². The molecule has 1 unspecified atom stereocenters. The first-order valence-corrected chi connectivity index (χ1v) is 10.8. The van der Waals surface area contributed by atoms with Gasteiger partial charge in [-0.2, -0.15) is 13.5 Å². The molecule has 0 saturated carbocycles. The number of carbonyl (C=O) groups is 3. The van der Waals surface area contributed by atoms with E-state index in [0.29, 0.717) is 5.06 Å². The number of aromatic nitrogens is 1. The summed E-state index contributed by atoms with van der Waals surface area (Å²) < 4.78 is 40.8. The Kier molecular flexibility index (Phi) is 6.41. The number of hydroxylamine groups is 2. The van der Waals surface area contributed by atoms with Crippen LogP contribution in [0.3, 0.4) is 0 Å². The number of nitrogen functional groups attached to an aromatic ring is 1. The van der Waals surface area contributed by atoms with E-state index in [9.17, 15) is 22.8 Å². The molecule has 2 amide bonds. The Morgan fingerprint density at radius 1 is 1.45 bits per heavy atom. The normalized spacial score (nSPS) is 20.9. The van der Waals surface area contributed by atoms with E-state index in [-0.39, 0.29) is 36.9 Å². The second-order valence-corrected chi connectivity index (χ2v) is 8.33. The number of carboxylic acid groups (broad SMARTS) is 1. The third-order valence-corrected chi connectivity index (χ3v) is 5.53. The molecule has 17 heteroatoms. The van der Waals surface area contributed by atoms with Gasteiger partial charge in [0.25, 0.3) is 11.8 Å². The fraction of sp³-hybridized carbons (Fsp3) is 0.500. The summed E-state index contributed by atoms with van der Waals surface area (Å²) in [6, 6.07) is -1.24. The summed E-state index contributed by atoms with van der Waals surface area (Å²) in [6.45, 7) is -0.567. The van der Waals surface area contributed by atoms with Gasteiger partial charge in [0.1, 0.15) is 17.3 Å². The standard InChI is InChI=1S/C14H17N5O10S2/c15-13-16-7(6-30-13)9(18-28-5-8(20)21)11(22)17-10-12(23)19(29-31(24,25)26)14(10)1-3-27-4-2-14/h6,10H,1-5H2,(H2,15,16)(H,17,22)(H,20,21)(H,24,25,26)/b18-9+. The number of thiazole rings is 1. The number of carboxylic acids is 1. The largest absolute Gasteiger partial charge is 0.479 e. The lowest BCUT2D eigenvalue weighted by Gasteiger charge is -2.56. The van der Waals surface area contributed by atoms with Crippen molar-refractivity contribution >= 4 is 50.4 Å². The molecule has 15 nitrogen and oxygen atoms in total. The maximum absolute atomic E-state index is 12.8. The molecular weight excluding hydrogens is 462 g/mol. The van der Waals surface area contributed by atoms with Crippen LogP contribution >= 0.6 is 11.3 Å². The number of nitrogens with zero attached hydrogens (tertiary/aromatic N) is 3. The van der Waals surface area contributed by atoms with Crippen LogP contribution in [0.25, 0.3) is 0 Å². The monoisotopic (exact) mass is 479 g/mol. The number of amides is 2. The van der Waals surface area contributed by atoms with Crippen LogP contribution in [-0.4, -0.2) is 83.0 Å². The Morgan fingerprint density at radius 2 is 2.13 bits per heavy atom. The summed E-state index contributed by atoms with van der Waals surface area (Å²) in [5.41, 5.74) is 3.79. The average molecular weight is 479 g/mol. The van der Waals surface area contributed by atoms with Gasteiger partial charge in [-0.3, -0.25) is 14.1 Å². The van der Waals surface area contributed by atoms with Gasteiger partial charge in [0.2, 0.25) is 6.61 Å². The number of carbonyl (C=O) groups excluding carboxylic acids is 2. The van der Waals surface area contributed by atoms with Crippen molar-refractivity contribution in [3.8, 4) is 0 Å². The Labute approximate surface area is 178 Å². The van der Waals surface area contributed by atoms with E-state index in [1.54, 1.807) is 0 Å². The molecule has 3 heterocycles. The second-order valence-electron chi connectivity index (χ2n) is 6.44. The van der Waals surface area contributed by atoms with Gasteiger partial charge in [0.15, 0.2) is 10.8 Å². The van der Waals surface area contributed by atoms with Crippen LogP contribution in [0.1, 0.15) is 18.5 Å². The predicted molar refractivity (Wildman–Crippen MR) is 101 cm³/mol. The lowest BCUT2D eigenvalue weighted by molar-refractivity contribution is -0.240. The van der Waals surface area contributed by atoms with Crippen molar-refractivity contribution in [3.63, 3.8) is 0 Å². The van der Waals surface area contributed by atoms with Crippen molar-refractivity contribution in [2.24, 2.45) is 5.16 Å². The molecule has 1 aromatic heterocycles. The fourth-order valence-electron chi connectivity index (χ4n) is 3.19. The van der Waals surface area contributed by atoms with E-state index in [0.717, 1.165) is 11.3 Å². The minimum Gasteiger partial charge on any atom is -0.479 e. The van der Waals surface area contributed by atoms with Crippen molar-refractivity contribution in [1.29, 1.82) is 0 Å². The summed E-state index contributed by atoms with van der Waals surface area (Å²) in [5.74, 6) is -3.22. The lowest BCUT2D eigenvalue weighted by Crippen LogP contribution is -2.80. The molecule has 2 saturated heterocycles. The van der Waals surface area contributed by atoms with Crippen LogP contribution in [0.15, 0.2) is 10.5 Å². The Hall–Kier alpha value is -2.86. The average Bonchev–Trinajstić information content (AvgIpc) is 3.13. The second kappa shape index (κ2) is 8.71. The summed E-state index contributed by atoms with van der Waals surface area (Å²) in [6.07, 6.45) is 0.204. The molecule has 0 aliphatic carbocycles. The zero-order chi connectivity index (χ0) is 22.8. The van der Waals surface area contributed by atoms with Crippen molar-refractivity contribution < 1.29 is 46.3 Å². The van der Waals surface area contributed by atoms with Crippen molar-refractivity contribution in [1.82, 2.24) is 15.4 Å². The van der Waals surface area contributed by atoms with E-state index in [1.165, 1.54) is 5.38 Å². The third kappa shape index (κ3) is 4.90. The lowest BCUT2D eigenvalue weighted by atomic mass is 9.74. The summed E-state index contributed by atoms with van der Waals surface area (Å²) in [4.78, 5) is 44.5. The summed E-state index contributed by atoms with van der Waals surface area (Å²) in [5, 5.41) is 16.6. The number of hydrogen-bond acceptors (Lipinski definition) is 12. The van der Waals surface area contributed by atoms with E-state index < -0.39 is 52.1 Å². The molecule has 0 bridgehead atoms. The van der Waals surface area contributed by atoms with Crippen LogP contribution in [0.2, 0.25) is 0 Å². The number of rotatable bonds is 8. The van der Waals surface area contributed by atoms with Gasteiger partial charge in [-0.15, -0.1) is 15.6 Å². The minimum absolute atomic E-state index is 0.0239. The Bertz CT molecular complexity index is 1020. The molecule has 2 aliphatic rings. The number of hydrogen-bond donors (Lipinski definition) is 4. The van der Waals surface area contributed by atoms with E-state index in [4.69, 9.17) is 20.1 Å². The predicted octanol–water partition coefficient (Wildman–Crippen LogP) is -1.86. The first kappa shape index (κ1) is 22.8. The SMILES string of the molecule is Nc1nc(/C(=N\OCC(=O)O)C(=O)NC2C(=O)N(OS(=O)(=O)O)C23CCOCC3)cs1.